The number of amides is 1. The number of halogens is 3. The summed E-state index contributed by atoms with van der Waals surface area (Å²) in [4.78, 5) is 16.1. The van der Waals surface area contributed by atoms with Gasteiger partial charge in [0.05, 0.1) is 11.3 Å². The van der Waals surface area contributed by atoms with Crippen LogP contribution < -0.4 is 11.1 Å². The Kier molecular flexibility index (Phi) is 4.13. The molecule has 2 heterocycles. The number of fused-ring (bicyclic) bond motifs is 1. The molecule has 128 valence electrons. The highest BCUT2D eigenvalue weighted by atomic mass is 32.1. The van der Waals surface area contributed by atoms with Crippen molar-refractivity contribution in [1.29, 1.82) is 0 Å². The van der Waals surface area contributed by atoms with Crippen molar-refractivity contribution in [1.82, 2.24) is 19.9 Å². The van der Waals surface area contributed by atoms with Gasteiger partial charge in [0, 0.05) is 17.8 Å². The lowest BCUT2D eigenvalue weighted by molar-refractivity contribution is -0.137. The van der Waals surface area contributed by atoms with E-state index in [-0.39, 0.29) is 27.7 Å². The van der Waals surface area contributed by atoms with E-state index in [0.29, 0.717) is 0 Å². The number of hydrogen-bond acceptors (Lipinski definition) is 4. The van der Waals surface area contributed by atoms with E-state index in [0.717, 1.165) is 10.6 Å². The van der Waals surface area contributed by atoms with Gasteiger partial charge in [-0.25, -0.2) is 9.50 Å². The number of thiocarbonyl (C=S) groups is 1. The van der Waals surface area contributed by atoms with Crippen molar-refractivity contribution in [2.24, 2.45) is 5.73 Å². The molecule has 6 nitrogen and oxygen atoms in total. The first-order valence-corrected chi connectivity index (χ1v) is 7.30. The second-order valence-corrected chi connectivity index (χ2v) is 5.43. The van der Waals surface area contributed by atoms with E-state index < -0.39 is 17.6 Å². The zero-order chi connectivity index (χ0) is 18.2. The van der Waals surface area contributed by atoms with Crippen LogP contribution in [0.25, 0.3) is 16.9 Å². The molecule has 0 aliphatic heterocycles. The van der Waals surface area contributed by atoms with Crippen LogP contribution in [0.3, 0.4) is 0 Å². The monoisotopic (exact) mass is 365 g/mol. The average Bonchev–Trinajstić information content (AvgIpc) is 2.97. The molecule has 25 heavy (non-hydrogen) atoms. The Hall–Kier alpha value is -3.01. The standard InChI is InChI=1S/C15H10F3N5OS/c16-15(17,18)9-4-2-1-3-8(9)10-7-12-20-6-5-11(23(12)22-10)13(24)21-14(19)25/h1-7H,(H3,19,21,24,25). The lowest BCUT2D eigenvalue weighted by atomic mass is 10.0. The smallest absolute Gasteiger partial charge is 0.376 e. The van der Waals surface area contributed by atoms with Crippen LogP contribution in [0, 0.1) is 0 Å². The maximum atomic E-state index is 13.2. The molecule has 0 bridgehead atoms. The molecule has 1 aromatic carbocycles. The molecule has 1 amide bonds. The third-order valence-corrected chi connectivity index (χ3v) is 3.44. The first-order valence-electron chi connectivity index (χ1n) is 6.89. The Morgan fingerprint density at radius 2 is 1.96 bits per heavy atom. The maximum absolute atomic E-state index is 13.2. The molecular formula is C15H10F3N5OS. The molecule has 0 spiro atoms. The Morgan fingerprint density at radius 1 is 1.24 bits per heavy atom. The van der Waals surface area contributed by atoms with Crippen molar-refractivity contribution in [3.05, 3.63) is 53.9 Å². The Bertz CT molecular complexity index is 983. The highest BCUT2D eigenvalue weighted by molar-refractivity contribution is 7.80. The molecule has 2 aromatic heterocycles. The minimum atomic E-state index is -4.54. The van der Waals surface area contributed by atoms with E-state index in [4.69, 9.17) is 5.73 Å². The molecule has 0 unspecified atom stereocenters. The second kappa shape index (κ2) is 6.13. The third-order valence-electron chi connectivity index (χ3n) is 3.34. The highest BCUT2D eigenvalue weighted by Crippen LogP contribution is 2.36. The summed E-state index contributed by atoms with van der Waals surface area (Å²) in [6.07, 6.45) is -3.20. The summed E-state index contributed by atoms with van der Waals surface area (Å²) < 4.78 is 40.7. The van der Waals surface area contributed by atoms with Crippen molar-refractivity contribution in [2.75, 3.05) is 0 Å². The van der Waals surface area contributed by atoms with Gasteiger partial charge in [-0.3, -0.25) is 10.1 Å². The molecule has 0 aliphatic rings. The molecule has 0 fully saturated rings. The fourth-order valence-electron chi connectivity index (χ4n) is 2.33. The van der Waals surface area contributed by atoms with Gasteiger partial charge >= 0.3 is 6.18 Å². The number of alkyl halides is 3. The van der Waals surface area contributed by atoms with E-state index in [9.17, 15) is 18.0 Å². The number of nitrogens with zero attached hydrogens (tertiary/aromatic N) is 3. The number of carbonyl (C=O) groups excluding carboxylic acids is 1. The minimum Gasteiger partial charge on any atom is -0.376 e. The highest BCUT2D eigenvalue weighted by Gasteiger charge is 2.34. The number of rotatable bonds is 2. The van der Waals surface area contributed by atoms with Crippen LogP contribution in [0.2, 0.25) is 0 Å². The first kappa shape index (κ1) is 16.8. The summed E-state index contributed by atoms with van der Waals surface area (Å²) in [5.74, 6) is -0.640. The fraction of sp³-hybridized carbons (Fsp3) is 0.0667. The van der Waals surface area contributed by atoms with Crippen LogP contribution in [0.15, 0.2) is 42.6 Å². The summed E-state index contributed by atoms with van der Waals surface area (Å²) in [6, 6.07) is 7.76. The van der Waals surface area contributed by atoms with Crippen molar-refractivity contribution in [3.8, 4) is 11.3 Å². The van der Waals surface area contributed by atoms with Crippen LogP contribution >= 0.6 is 12.2 Å². The van der Waals surface area contributed by atoms with E-state index in [1.165, 1.54) is 36.5 Å². The molecule has 0 saturated carbocycles. The van der Waals surface area contributed by atoms with E-state index in [1.54, 1.807) is 0 Å². The quantitative estimate of drug-likeness (QED) is 0.681. The fourth-order valence-corrected chi connectivity index (χ4v) is 2.42. The van der Waals surface area contributed by atoms with Gasteiger partial charge in [-0.1, -0.05) is 18.2 Å². The summed E-state index contributed by atoms with van der Waals surface area (Å²) in [5.41, 5.74) is 4.62. The normalized spacial score (nSPS) is 11.5. The van der Waals surface area contributed by atoms with Gasteiger partial charge in [-0.05, 0) is 24.4 Å². The lowest BCUT2D eigenvalue weighted by Crippen LogP contribution is -2.35. The van der Waals surface area contributed by atoms with Gasteiger partial charge in [-0.15, -0.1) is 0 Å². The van der Waals surface area contributed by atoms with E-state index in [2.05, 4.69) is 27.6 Å². The first-order chi connectivity index (χ1) is 11.8. The van der Waals surface area contributed by atoms with E-state index >= 15 is 0 Å². The molecule has 3 rings (SSSR count). The second-order valence-electron chi connectivity index (χ2n) is 4.99. The maximum Gasteiger partial charge on any atom is 0.417 e. The number of nitrogens with two attached hydrogens (primary N) is 1. The molecule has 10 heteroatoms. The van der Waals surface area contributed by atoms with Gasteiger partial charge in [0.2, 0.25) is 0 Å². The van der Waals surface area contributed by atoms with Crippen LogP contribution in [-0.4, -0.2) is 25.6 Å². The zero-order valence-electron chi connectivity index (χ0n) is 12.4. The molecule has 0 saturated heterocycles. The van der Waals surface area contributed by atoms with Gasteiger partial charge in [0.1, 0.15) is 5.69 Å². The summed E-state index contributed by atoms with van der Waals surface area (Å²) in [6.45, 7) is 0. The Morgan fingerprint density at radius 3 is 2.64 bits per heavy atom. The number of benzene rings is 1. The predicted molar refractivity (Wildman–Crippen MR) is 87.7 cm³/mol. The molecule has 0 radical (unpaired) electrons. The van der Waals surface area contributed by atoms with Gasteiger partial charge < -0.3 is 5.73 Å². The van der Waals surface area contributed by atoms with Crippen LogP contribution in [0.5, 0.6) is 0 Å². The van der Waals surface area contributed by atoms with Crippen LogP contribution in [0.4, 0.5) is 13.2 Å². The van der Waals surface area contributed by atoms with Crippen molar-refractivity contribution in [3.63, 3.8) is 0 Å². The number of aromatic nitrogens is 3. The summed E-state index contributed by atoms with van der Waals surface area (Å²) in [5, 5.41) is 6.10. The zero-order valence-corrected chi connectivity index (χ0v) is 13.2. The molecule has 0 aliphatic carbocycles. The van der Waals surface area contributed by atoms with Gasteiger partial charge in [0.15, 0.2) is 10.8 Å². The summed E-state index contributed by atoms with van der Waals surface area (Å²) in [7, 11) is 0. The van der Waals surface area contributed by atoms with Gasteiger partial charge in [0.25, 0.3) is 5.91 Å². The number of nitrogens with one attached hydrogen (secondary N) is 1. The van der Waals surface area contributed by atoms with Crippen LogP contribution in [0.1, 0.15) is 16.1 Å². The van der Waals surface area contributed by atoms with Crippen LogP contribution in [-0.2, 0) is 6.18 Å². The average molecular weight is 365 g/mol. The van der Waals surface area contributed by atoms with Crippen molar-refractivity contribution < 1.29 is 18.0 Å². The lowest BCUT2D eigenvalue weighted by Gasteiger charge is -2.10. The predicted octanol–water partition coefficient (Wildman–Crippen LogP) is 2.39. The third kappa shape index (κ3) is 3.29. The number of hydrogen-bond donors (Lipinski definition) is 2. The Balaban J connectivity index is 2.15. The summed E-state index contributed by atoms with van der Waals surface area (Å²) >= 11 is 4.61. The number of carbonyl (C=O) groups is 1. The van der Waals surface area contributed by atoms with Crippen molar-refractivity contribution >= 4 is 28.9 Å². The minimum absolute atomic E-state index is 0.0357. The molecule has 3 N–H and O–H groups in total. The largest absolute Gasteiger partial charge is 0.417 e. The topological polar surface area (TPSA) is 85.3 Å². The molecular weight excluding hydrogens is 355 g/mol. The van der Waals surface area contributed by atoms with Gasteiger partial charge in [-0.2, -0.15) is 18.3 Å². The van der Waals surface area contributed by atoms with Crippen molar-refractivity contribution in [2.45, 2.75) is 6.18 Å². The molecule has 0 atom stereocenters. The SMILES string of the molecule is NC(=S)NC(=O)c1ccnc2cc(-c3ccccc3C(F)(F)F)nn12. The Labute approximate surface area is 144 Å². The molecule has 3 aromatic rings. The van der Waals surface area contributed by atoms with E-state index in [1.807, 2.05) is 0 Å².